The summed E-state index contributed by atoms with van der Waals surface area (Å²) >= 11 is 1.21. The monoisotopic (exact) mass is 404 g/mol. The van der Waals surface area contributed by atoms with Crippen molar-refractivity contribution in [3.05, 3.63) is 47.0 Å². The van der Waals surface area contributed by atoms with E-state index in [1.807, 2.05) is 0 Å². The number of aromatic nitrogens is 3. The Bertz CT molecular complexity index is 870. The number of thioether (sulfide) groups is 1. The lowest BCUT2D eigenvalue weighted by Crippen LogP contribution is -2.31. The molecule has 2 aromatic rings. The van der Waals surface area contributed by atoms with Crippen LogP contribution in [0.2, 0.25) is 0 Å². The summed E-state index contributed by atoms with van der Waals surface area (Å²) in [6.45, 7) is 5.59. The number of carbonyl (C=O) groups excluding carboxylic acids is 1. The minimum atomic E-state index is -0.336. The molecule has 2 rings (SSSR count). The largest absolute Gasteiger partial charge is 0.382 e. The van der Waals surface area contributed by atoms with Crippen LogP contribution in [0.5, 0.6) is 0 Å². The lowest BCUT2D eigenvalue weighted by molar-refractivity contribution is -0.124. The van der Waals surface area contributed by atoms with E-state index in [9.17, 15) is 9.59 Å². The van der Waals surface area contributed by atoms with Crippen molar-refractivity contribution in [3.63, 3.8) is 0 Å². The minimum absolute atomic E-state index is 0.145. The molecule has 0 saturated carbocycles. The van der Waals surface area contributed by atoms with E-state index in [4.69, 9.17) is 9.47 Å². The minimum Gasteiger partial charge on any atom is -0.382 e. The van der Waals surface area contributed by atoms with E-state index < -0.39 is 0 Å². The molecule has 1 N–H and O–H groups in total. The van der Waals surface area contributed by atoms with Crippen molar-refractivity contribution in [1.82, 2.24) is 19.9 Å². The van der Waals surface area contributed by atoms with Gasteiger partial charge in [-0.2, -0.15) is 0 Å². The third-order valence-corrected chi connectivity index (χ3v) is 4.67. The molecular formula is C19H24N4O4S. The normalized spacial score (nSPS) is 10.7. The number of methoxy groups -OCH3 is 1. The number of pyridine rings is 1. The second-order valence-electron chi connectivity index (χ2n) is 5.82. The van der Waals surface area contributed by atoms with Crippen LogP contribution in [0.15, 0.2) is 40.7 Å². The van der Waals surface area contributed by atoms with Gasteiger partial charge in [0.1, 0.15) is 5.69 Å². The van der Waals surface area contributed by atoms with Crippen LogP contribution in [0.3, 0.4) is 0 Å². The summed E-state index contributed by atoms with van der Waals surface area (Å²) in [6.07, 6.45) is 3.36. The van der Waals surface area contributed by atoms with Crippen LogP contribution in [-0.2, 0) is 14.3 Å². The smallest absolute Gasteiger partial charge is 0.265 e. The lowest BCUT2D eigenvalue weighted by Gasteiger charge is -2.19. The van der Waals surface area contributed by atoms with E-state index in [0.29, 0.717) is 37.0 Å². The van der Waals surface area contributed by atoms with Crippen molar-refractivity contribution in [1.29, 1.82) is 0 Å². The topological polar surface area (TPSA) is 97.4 Å². The predicted molar refractivity (Wildman–Crippen MR) is 109 cm³/mol. The Hall–Kier alpha value is -2.49. The number of hydrogen-bond acceptors (Lipinski definition) is 7. The van der Waals surface area contributed by atoms with Crippen molar-refractivity contribution >= 4 is 23.2 Å². The van der Waals surface area contributed by atoms with Crippen molar-refractivity contribution in [3.8, 4) is 11.5 Å². The van der Waals surface area contributed by atoms with Gasteiger partial charge in [0.15, 0.2) is 5.82 Å². The molecule has 0 fully saturated rings. The summed E-state index contributed by atoms with van der Waals surface area (Å²) in [5.74, 6) is -0.0337. The van der Waals surface area contributed by atoms with Crippen LogP contribution in [-0.4, -0.2) is 72.5 Å². The number of likely N-dealkylation sites (N-methyl/N-ethyl adjacent to an activating group) is 1. The molecule has 28 heavy (non-hydrogen) atoms. The Kier molecular flexibility index (Phi) is 8.37. The number of ether oxygens (including phenoxy) is 2. The van der Waals surface area contributed by atoms with Gasteiger partial charge in [-0.3, -0.25) is 14.6 Å². The fourth-order valence-electron chi connectivity index (χ4n) is 2.36. The fraction of sp³-hybridized carbons (Fsp3) is 0.368. The maximum Gasteiger partial charge on any atom is 0.265 e. The van der Waals surface area contributed by atoms with E-state index >= 15 is 0 Å². The summed E-state index contributed by atoms with van der Waals surface area (Å²) in [5, 5.41) is 0. The second-order valence-corrected chi connectivity index (χ2v) is 6.64. The first-order chi connectivity index (χ1) is 13.5. The van der Waals surface area contributed by atoms with Crippen LogP contribution < -0.4 is 5.56 Å². The molecule has 0 radical (unpaired) electrons. The van der Waals surface area contributed by atoms with Crippen molar-refractivity contribution in [2.75, 3.05) is 46.8 Å². The molecule has 0 saturated heterocycles. The predicted octanol–water partition coefficient (Wildman–Crippen LogP) is 1.69. The molecule has 2 aromatic heterocycles. The number of carbonyl (C=O) groups is 1. The summed E-state index contributed by atoms with van der Waals surface area (Å²) in [4.78, 5) is 38.5. The second kappa shape index (κ2) is 10.7. The van der Waals surface area contributed by atoms with Crippen LogP contribution in [0.4, 0.5) is 0 Å². The van der Waals surface area contributed by atoms with Gasteiger partial charge in [0.05, 0.1) is 36.0 Å². The van der Waals surface area contributed by atoms with Gasteiger partial charge in [0.2, 0.25) is 0 Å². The Morgan fingerprint density at radius 3 is 2.75 bits per heavy atom. The van der Waals surface area contributed by atoms with E-state index in [0.717, 1.165) is 0 Å². The third-order valence-electron chi connectivity index (χ3n) is 3.88. The molecule has 8 nitrogen and oxygen atoms in total. The molecule has 0 unspecified atom stereocenters. The zero-order valence-electron chi connectivity index (χ0n) is 16.2. The van der Waals surface area contributed by atoms with Crippen LogP contribution in [0.25, 0.3) is 17.1 Å². The van der Waals surface area contributed by atoms with Crippen molar-refractivity contribution in [2.45, 2.75) is 4.90 Å². The van der Waals surface area contributed by atoms with E-state index in [2.05, 4.69) is 21.5 Å². The molecule has 0 aromatic carbocycles. The average Bonchev–Trinajstić information content (AvgIpc) is 2.72. The molecule has 9 heteroatoms. The summed E-state index contributed by atoms with van der Waals surface area (Å²) in [6, 6.07) is 5.29. The van der Waals surface area contributed by atoms with Gasteiger partial charge in [0.25, 0.3) is 11.5 Å². The fourth-order valence-corrected chi connectivity index (χ4v) is 2.96. The first-order valence-corrected chi connectivity index (χ1v) is 9.83. The number of nitrogens with zero attached hydrogens (tertiary/aromatic N) is 3. The Labute approximate surface area is 168 Å². The number of H-pyrrole nitrogens is 1. The van der Waals surface area contributed by atoms with Gasteiger partial charge in [-0.1, -0.05) is 12.6 Å². The molecule has 0 spiro atoms. The van der Waals surface area contributed by atoms with Crippen LogP contribution in [0.1, 0.15) is 5.69 Å². The summed E-state index contributed by atoms with van der Waals surface area (Å²) in [7, 11) is 3.25. The quantitative estimate of drug-likeness (QED) is 0.366. The van der Waals surface area contributed by atoms with Gasteiger partial charge < -0.3 is 19.4 Å². The molecule has 0 atom stereocenters. The highest BCUT2D eigenvalue weighted by Gasteiger charge is 2.22. The van der Waals surface area contributed by atoms with Crippen molar-refractivity contribution < 1.29 is 14.3 Å². The molecular weight excluding hydrogens is 380 g/mol. The van der Waals surface area contributed by atoms with Gasteiger partial charge in [-0.25, -0.2) is 4.98 Å². The average molecular weight is 404 g/mol. The number of nitrogens with one attached hydrogen (secondary N) is 1. The zero-order chi connectivity index (χ0) is 20.5. The molecule has 0 aliphatic carbocycles. The number of hydrogen-bond donors (Lipinski definition) is 1. The first-order valence-electron chi connectivity index (χ1n) is 8.60. The highest BCUT2D eigenvalue weighted by Crippen LogP contribution is 2.24. The summed E-state index contributed by atoms with van der Waals surface area (Å²) in [5.41, 5.74) is 0.576. The maximum atomic E-state index is 12.8. The molecule has 0 bridgehead atoms. The SMILES string of the molecule is C=C(C(=O)N(C)CCOCCOC)c1nc(-c2ccccn2)[nH]c(=O)c1SC. The highest BCUT2D eigenvalue weighted by molar-refractivity contribution is 7.98. The zero-order valence-corrected chi connectivity index (χ0v) is 17.0. The van der Waals surface area contributed by atoms with E-state index in [1.165, 1.54) is 16.7 Å². The van der Waals surface area contributed by atoms with Gasteiger partial charge in [-0.05, 0) is 18.4 Å². The highest BCUT2D eigenvalue weighted by atomic mass is 32.2. The molecule has 0 aliphatic rings. The standard InChI is InChI=1S/C19H24N4O4S/c1-13(19(25)23(2)9-10-27-12-11-26-3)15-16(28-4)18(24)22-17(21-15)14-7-5-6-8-20-14/h5-8H,1,9-12H2,2-4H3,(H,21,22,24). The molecule has 1 amide bonds. The Morgan fingerprint density at radius 1 is 1.32 bits per heavy atom. The first kappa shape index (κ1) is 21.8. The third kappa shape index (κ3) is 5.51. The van der Waals surface area contributed by atoms with Crippen molar-refractivity contribution in [2.24, 2.45) is 0 Å². The maximum absolute atomic E-state index is 12.8. The molecule has 2 heterocycles. The number of amides is 1. The van der Waals surface area contributed by atoms with Gasteiger partial charge in [-0.15, -0.1) is 11.8 Å². The lowest BCUT2D eigenvalue weighted by atomic mass is 10.1. The van der Waals surface area contributed by atoms with Gasteiger partial charge in [0, 0.05) is 26.9 Å². The Balaban J connectivity index is 2.22. The van der Waals surface area contributed by atoms with E-state index in [1.54, 1.807) is 44.8 Å². The van der Waals surface area contributed by atoms with Gasteiger partial charge >= 0.3 is 0 Å². The van der Waals surface area contributed by atoms with E-state index in [-0.39, 0.29) is 28.6 Å². The van der Waals surface area contributed by atoms with Crippen LogP contribution in [0, 0.1) is 0 Å². The molecule has 150 valence electrons. The number of rotatable bonds is 10. The summed E-state index contributed by atoms with van der Waals surface area (Å²) < 4.78 is 10.3. The van der Waals surface area contributed by atoms with Crippen LogP contribution >= 0.6 is 11.8 Å². The Morgan fingerprint density at radius 2 is 2.11 bits per heavy atom. The molecule has 0 aliphatic heterocycles. The number of aromatic amines is 1.